The molecule has 1 aromatic rings. The van der Waals surface area contributed by atoms with Gasteiger partial charge in [0.05, 0.1) is 14.2 Å². The number of benzene rings is 1. The average Bonchev–Trinajstić information content (AvgIpc) is 2.44. The van der Waals surface area contributed by atoms with E-state index in [1.165, 1.54) is 0 Å². The van der Waals surface area contributed by atoms with Crippen molar-refractivity contribution in [3.05, 3.63) is 35.9 Å². The molecule has 0 bridgehead atoms. The zero-order chi connectivity index (χ0) is 15.2. The molecule has 122 valence electrons. The largest absolute Gasteiger partial charge is 0.493 e. The predicted octanol–water partition coefficient (Wildman–Crippen LogP) is 1.80. The molecule has 1 aromatic carbocycles. The van der Waals surface area contributed by atoms with Crippen LogP contribution in [-0.2, 0) is 6.42 Å². The van der Waals surface area contributed by atoms with Crippen LogP contribution in [0, 0.1) is 5.92 Å². The van der Waals surface area contributed by atoms with Crippen molar-refractivity contribution in [2.45, 2.75) is 6.42 Å². The number of ether oxygens (including phenoxy) is 2. The van der Waals surface area contributed by atoms with Crippen LogP contribution in [0.3, 0.4) is 0 Å². The lowest BCUT2D eigenvalue weighted by Gasteiger charge is -2.27. The van der Waals surface area contributed by atoms with Crippen LogP contribution in [0.2, 0.25) is 0 Å². The molecule has 22 heavy (non-hydrogen) atoms. The molecule has 0 spiro atoms. The SMILES string of the molecule is C=CCc1cc(C(=O)NCC2CNC2)cc(OC)c1OC.Cl. The lowest BCUT2D eigenvalue weighted by atomic mass is 10.0. The van der Waals surface area contributed by atoms with E-state index in [-0.39, 0.29) is 18.3 Å². The Labute approximate surface area is 137 Å². The van der Waals surface area contributed by atoms with Gasteiger partial charge in [-0.25, -0.2) is 0 Å². The molecular weight excluding hydrogens is 304 g/mol. The molecule has 5 nitrogen and oxygen atoms in total. The van der Waals surface area contributed by atoms with Crippen molar-refractivity contribution in [2.24, 2.45) is 5.92 Å². The summed E-state index contributed by atoms with van der Waals surface area (Å²) in [6.07, 6.45) is 2.40. The molecule has 2 N–H and O–H groups in total. The Kier molecular flexibility index (Phi) is 7.21. The molecule has 2 rings (SSSR count). The summed E-state index contributed by atoms with van der Waals surface area (Å²) in [4.78, 5) is 12.3. The number of amides is 1. The van der Waals surface area contributed by atoms with Crippen molar-refractivity contribution in [1.82, 2.24) is 10.6 Å². The van der Waals surface area contributed by atoms with Crippen molar-refractivity contribution in [3.8, 4) is 11.5 Å². The molecule has 1 amide bonds. The fourth-order valence-electron chi connectivity index (χ4n) is 2.31. The van der Waals surface area contributed by atoms with Gasteiger partial charge in [-0.1, -0.05) is 6.08 Å². The summed E-state index contributed by atoms with van der Waals surface area (Å²) in [5, 5.41) is 6.14. The quantitative estimate of drug-likeness (QED) is 0.750. The third-order valence-corrected chi connectivity index (χ3v) is 3.60. The van der Waals surface area contributed by atoms with E-state index < -0.39 is 0 Å². The first kappa shape index (κ1) is 18.3. The first-order valence-electron chi connectivity index (χ1n) is 7.04. The zero-order valence-corrected chi connectivity index (χ0v) is 13.8. The molecular formula is C16H23ClN2O3. The highest BCUT2D eigenvalue weighted by Gasteiger charge is 2.19. The number of allylic oxidation sites excluding steroid dienone is 1. The van der Waals surface area contributed by atoms with E-state index in [9.17, 15) is 4.79 Å². The number of nitrogens with one attached hydrogen (secondary N) is 2. The van der Waals surface area contributed by atoms with E-state index >= 15 is 0 Å². The normalized spacial score (nSPS) is 13.5. The van der Waals surface area contributed by atoms with Gasteiger partial charge in [0.1, 0.15) is 0 Å². The molecule has 0 aromatic heterocycles. The van der Waals surface area contributed by atoms with E-state index in [4.69, 9.17) is 9.47 Å². The molecule has 0 saturated carbocycles. The highest BCUT2D eigenvalue weighted by atomic mass is 35.5. The minimum absolute atomic E-state index is 0. The Morgan fingerprint density at radius 2 is 2.14 bits per heavy atom. The molecule has 1 saturated heterocycles. The van der Waals surface area contributed by atoms with Crippen LogP contribution in [0.15, 0.2) is 24.8 Å². The van der Waals surface area contributed by atoms with Crippen molar-refractivity contribution in [3.63, 3.8) is 0 Å². The van der Waals surface area contributed by atoms with Crippen LogP contribution in [0.5, 0.6) is 11.5 Å². The third-order valence-electron chi connectivity index (χ3n) is 3.60. The fraction of sp³-hybridized carbons (Fsp3) is 0.438. The summed E-state index contributed by atoms with van der Waals surface area (Å²) in [5.41, 5.74) is 1.47. The number of carbonyl (C=O) groups excluding carboxylic acids is 1. The lowest BCUT2D eigenvalue weighted by molar-refractivity contribution is 0.0941. The number of halogens is 1. The molecule has 1 aliphatic rings. The summed E-state index contributed by atoms with van der Waals surface area (Å²) < 4.78 is 10.7. The Balaban J connectivity index is 0.00000242. The van der Waals surface area contributed by atoms with Crippen LogP contribution in [0.4, 0.5) is 0 Å². The lowest BCUT2D eigenvalue weighted by Crippen LogP contribution is -2.48. The Morgan fingerprint density at radius 3 is 2.64 bits per heavy atom. The van der Waals surface area contributed by atoms with Crippen molar-refractivity contribution in [1.29, 1.82) is 0 Å². The number of rotatable bonds is 7. The molecule has 1 fully saturated rings. The standard InChI is InChI=1S/C16H22N2O3.ClH/c1-4-5-12-6-13(7-14(20-2)15(12)21-3)16(19)18-10-11-8-17-9-11;/h4,6-7,11,17H,1,5,8-10H2,2-3H3,(H,18,19);1H. The van der Waals surface area contributed by atoms with E-state index in [1.807, 2.05) is 6.07 Å². The van der Waals surface area contributed by atoms with Crippen LogP contribution < -0.4 is 20.1 Å². The van der Waals surface area contributed by atoms with Crippen molar-refractivity contribution in [2.75, 3.05) is 33.9 Å². The van der Waals surface area contributed by atoms with Gasteiger partial charge in [-0.2, -0.15) is 0 Å². The molecule has 0 radical (unpaired) electrons. The summed E-state index contributed by atoms with van der Waals surface area (Å²) in [7, 11) is 3.16. The van der Waals surface area contributed by atoms with E-state index in [0.717, 1.165) is 18.7 Å². The van der Waals surface area contributed by atoms with E-state index in [1.54, 1.807) is 26.4 Å². The van der Waals surface area contributed by atoms with Gasteiger partial charge in [-0.3, -0.25) is 4.79 Å². The zero-order valence-electron chi connectivity index (χ0n) is 13.0. The average molecular weight is 327 g/mol. The maximum absolute atomic E-state index is 12.3. The molecule has 6 heteroatoms. The van der Waals surface area contributed by atoms with Gasteiger partial charge >= 0.3 is 0 Å². The highest BCUT2D eigenvalue weighted by Crippen LogP contribution is 2.33. The number of carbonyl (C=O) groups is 1. The first-order chi connectivity index (χ1) is 10.2. The Morgan fingerprint density at radius 1 is 1.41 bits per heavy atom. The minimum Gasteiger partial charge on any atom is -0.493 e. The number of hydrogen-bond acceptors (Lipinski definition) is 4. The van der Waals surface area contributed by atoms with Gasteiger partial charge in [0.2, 0.25) is 0 Å². The Hall–Kier alpha value is -1.72. The number of methoxy groups -OCH3 is 2. The molecule has 1 aliphatic heterocycles. The van der Waals surface area contributed by atoms with Crippen LogP contribution in [0.25, 0.3) is 0 Å². The predicted molar refractivity (Wildman–Crippen MR) is 89.4 cm³/mol. The second kappa shape index (κ2) is 8.66. The van der Waals surface area contributed by atoms with Gasteiger partial charge in [-0.15, -0.1) is 19.0 Å². The molecule has 0 aliphatic carbocycles. The molecule has 1 heterocycles. The number of hydrogen-bond donors (Lipinski definition) is 2. The Bertz CT molecular complexity index is 530. The van der Waals surface area contributed by atoms with Gasteiger partial charge in [-0.05, 0) is 18.6 Å². The van der Waals surface area contributed by atoms with Crippen LogP contribution >= 0.6 is 12.4 Å². The summed E-state index contributed by atoms with van der Waals surface area (Å²) in [6, 6.07) is 3.54. The molecule has 0 atom stereocenters. The summed E-state index contributed by atoms with van der Waals surface area (Å²) >= 11 is 0. The van der Waals surface area contributed by atoms with E-state index in [2.05, 4.69) is 17.2 Å². The topological polar surface area (TPSA) is 59.6 Å². The second-order valence-electron chi connectivity index (χ2n) is 5.10. The fourth-order valence-corrected chi connectivity index (χ4v) is 2.31. The minimum atomic E-state index is -0.0897. The van der Waals surface area contributed by atoms with Crippen molar-refractivity contribution < 1.29 is 14.3 Å². The maximum atomic E-state index is 12.3. The first-order valence-corrected chi connectivity index (χ1v) is 7.04. The van der Waals surface area contributed by atoms with Gasteiger partial charge in [0, 0.05) is 36.7 Å². The van der Waals surface area contributed by atoms with E-state index in [0.29, 0.717) is 35.9 Å². The van der Waals surface area contributed by atoms with Crippen molar-refractivity contribution >= 4 is 18.3 Å². The van der Waals surface area contributed by atoms with Crippen LogP contribution in [-0.4, -0.2) is 39.8 Å². The maximum Gasteiger partial charge on any atom is 0.251 e. The third kappa shape index (κ3) is 4.15. The monoisotopic (exact) mass is 326 g/mol. The van der Waals surface area contributed by atoms with Gasteiger partial charge in [0.25, 0.3) is 5.91 Å². The van der Waals surface area contributed by atoms with Gasteiger partial charge < -0.3 is 20.1 Å². The summed E-state index contributed by atoms with van der Waals surface area (Å²) in [5.74, 6) is 1.65. The van der Waals surface area contributed by atoms with Crippen LogP contribution in [0.1, 0.15) is 15.9 Å². The van der Waals surface area contributed by atoms with Gasteiger partial charge in [0.15, 0.2) is 11.5 Å². The summed E-state index contributed by atoms with van der Waals surface area (Å²) in [6.45, 7) is 6.36. The highest BCUT2D eigenvalue weighted by molar-refractivity contribution is 5.95. The second-order valence-corrected chi connectivity index (χ2v) is 5.10. The molecule has 0 unspecified atom stereocenters. The smallest absolute Gasteiger partial charge is 0.251 e.